The van der Waals surface area contributed by atoms with E-state index in [1.54, 1.807) is 18.5 Å². The number of aromatic nitrogens is 3. The van der Waals surface area contributed by atoms with Crippen molar-refractivity contribution in [1.29, 1.82) is 0 Å². The second-order valence-corrected chi connectivity index (χ2v) is 2.10. The van der Waals surface area contributed by atoms with E-state index in [9.17, 15) is 4.79 Å². The second-order valence-electron chi connectivity index (χ2n) is 2.10. The van der Waals surface area contributed by atoms with Crippen molar-refractivity contribution in [3.05, 3.63) is 35.0 Å². The minimum Gasteiger partial charge on any atom is -0.327 e. The Balaban J connectivity index is 0.000000442. The number of fused-ring (bicyclic) bond motifs is 1. The third-order valence-electron chi connectivity index (χ3n) is 1.40. The average Bonchev–Trinajstić information content (AvgIpc) is 2.35. The molecule has 0 radical (unpaired) electrons. The SMILES string of the molecule is CC.CC.O=c1[nH]ccc2nccnc12. The summed E-state index contributed by atoms with van der Waals surface area (Å²) >= 11 is 0. The van der Waals surface area contributed by atoms with Crippen LogP contribution in [0, 0.1) is 0 Å². The van der Waals surface area contributed by atoms with Crippen molar-refractivity contribution < 1.29 is 0 Å². The molecule has 0 atom stereocenters. The molecule has 0 amide bonds. The zero-order valence-electron chi connectivity index (χ0n) is 9.61. The molecule has 0 saturated carbocycles. The van der Waals surface area contributed by atoms with Gasteiger partial charge >= 0.3 is 0 Å². The van der Waals surface area contributed by atoms with Gasteiger partial charge in [-0.15, -0.1) is 0 Å². The number of hydrogen-bond donors (Lipinski definition) is 1. The summed E-state index contributed by atoms with van der Waals surface area (Å²) in [6, 6.07) is 1.71. The van der Waals surface area contributed by atoms with Crippen LogP contribution in [0.5, 0.6) is 0 Å². The van der Waals surface area contributed by atoms with E-state index < -0.39 is 0 Å². The van der Waals surface area contributed by atoms with Gasteiger partial charge in [-0.05, 0) is 6.07 Å². The first kappa shape index (κ1) is 13.3. The van der Waals surface area contributed by atoms with Crippen molar-refractivity contribution >= 4 is 11.0 Å². The van der Waals surface area contributed by atoms with E-state index in [-0.39, 0.29) is 5.56 Å². The standard InChI is InChI=1S/C7H5N3O.2C2H6/c11-7-6-5(1-2-10-7)8-3-4-9-6;2*1-2/h1-4H,(H,10,11);2*1-2H3. The maximum Gasteiger partial charge on any atom is 0.276 e. The Hall–Kier alpha value is -1.71. The molecule has 4 nitrogen and oxygen atoms in total. The van der Waals surface area contributed by atoms with E-state index in [0.29, 0.717) is 11.0 Å². The van der Waals surface area contributed by atoms with Gasteiger partial charge < -0.3 is 4.98 Å². The molecule has 0 bridgehead atoms. The van der Waals surface area contributed by atoms with E-state index in [1.807, 2.05) is 27.7 Å². The monoisotopic (exact) mass is 207 g/mol. The number of aromatic amines is 1. The molecule has 0 fully saturated rings. The highest BCUT2D eigenvalue weighted by atomic mass is 16.1. The van der Waals surface area contributed by atoms with Gasteiger partial charge in [0.15, 0.2) is 5.52 Å². The van der Waals surface area contributed by atoms with Crippen LogP contribution in [0.25, 0.3) is 11.0 Å². The molecule has 0 aliphatic carbocycles. The zero-order chi connectivity index (χ0) is 11.7. The maximum atomic E-state index is 11.0. The van der Waals surface area contributed by atoms with Crippen molar-refractivity contribution in [3.8, 4) is 0 Å². The Bertz CT molecular complexity index is 432. The predicted octanol–water partition coefficient (Wildman–Crippen LogP) is 2.37. The molecule has 4 heteroatoms. The smallest absolute Gasteiger partial charge is 0.276 e. The molecule has 82 valence electrons. The average molecular weight is 207 g/mol. The van der Waals surface area contributed by atoms with Gasteiger partial charge in [0, 0.05) is 18.6 Å². The molecule has 15 heavy (non-hydrogen) atoms. The molecule has 0 aliphatic rings. The summed E-state index contributed by atoms with van der Waals surface area (Å²) in [6.45, 7) is 8.00. The molecule has 2 aromatic rings. The van der Waals surface area contributed by atoms with Crippen LogP contribution in [0.4, 0.5) is 0 Å². The van der Waals surface area contributed by atoms with Gasteiger partial charge in [0.25, 0.3) is 5.56 Å². The highest BCUT2D eigenvalue weighted by Gasteiger charge is 1.95. The molecular formula is C11H17N3O. The fraction of sp³-hybridized carbons (Fsp3) is 0.364. The van der Waals surface area contributed by atoms with Gasteiger partial charge in [-0.25, -0.2) is 4.98 Å². The van der Waals surface area contributed by atoms with Crippen LogP contribution in [0.3, 0.4) is 0 Å². The van der Waals surface area contributed by atoms with Crippen molar-refractivity contribution in [2.45, 2.75) is 27.7 Å². The van der Waals surface area contributed by atoms with E-state index in [4.69, 9.17) is 0 Å². The predicted molar refractivity (Wildman–Crippen MR) is 62.9 cm³/mol. The summed E-state index contributed by atoms with van der Waals surface area (Å²) in [7, 11) is 0. The van der Waals surface area contributed by atoms with E-state index >= 15 is 0 Å². The lowest BCUT2D eigenvalue weighted by Crippen LogP contribution is -2.06. The van der Waals surface area contributed by atoms with Crippen molar-refractivity contribution in [3.63, 3.8) is 0 Å². The Morgan fingerprint density at radius 2 is 1.67 bits per heavy atom. The number of pyridine rings is 1. The number of rotatable bonds is 0. The molecule has 0 spiro atoms. The van der Waals surface area contributed by atoms with Crippen LogP contribution in [0.1, 0.15) is 27.7 Å². The lowest BCUT2D eigenvalue weighted by Gasteiger charge is -1.90. The Kier molecular flexibility index (Phi) is 6.80. The van der Waals surface area contributed by atoms with Crippen LogP contribution in [0.2, 0.25) is 0 Å². The number of hydrogen-bond acceptors (Lipinski definition) is 3. The van der Waals surface area contributed by atoms with Crippen molar-refractivity contribution in [1.82, 2.24) is 15.0 Å². The maximum absolute atomic E-state index is 11.0. The molecule has 2 aromatic heterocycles. The van der Waals surface area contributed by atoms with Crippen molar-refractivity contribution in [2.24, 2.45) is 0 Å². The number of H-pyrrole nitrogens is 1. The summed E-state index contributed by atoms with van der Waals surface area (Å²) < 4.78 is 0. The largest absolute Gasteiger partial charge is 0.327 e. The highest BCUT2D eigenvalue weighted by molar-refractivity contribution is 5.71. The molecule has 0 aliphatic heterocycles. The topological polar surface area (TPSA) is 58.6 Å². The molecule has 0 aromatic carbocycles. The minimum absolute atomic E-state index is 0.199. The third kappa shape index (κ3) is 3.50. The highest BCUT2D eigenvalue weighted by Crippen LogP contribution is 1.97. The lowest BCUT2D eigenvalue weighted by molar-refractivity contribution is 1.20. The number of nitrogens with zero attached hydrogens (tertiary/aromatic N) is 2. The van der Waals surface area contributed by atoms with Gasteiger partial charge in [-0.3, -0.25) is 9.78 Å². The van der Waals surface area contributed by atoms with Gasteiger partial charge in [0.05, 0.1) is 5.52 Å². The van der Waals surface area contributed by atoms with E-state index in [1.165, 1.54) is 6.20 Å². The first-order valence-electron chi connectivity index (χ1n) is 5.16. The van der Waals surface area contributed by atoms with Gasteiger partial charge in [0.1, 0.15) is 0 Å². The van der Waals surface area contributed by atoms with Gasteiger partial charge in [0.2, 0.25) is 0 Å². The van der Waals surface area contributed by atoms with Crippen molar-refractivity contribution in [2.75, 3.05) is 0 Å². The van der Waals surface area contributed by atoms with Gasteiger partial charge in [-0.1, -0.05) is 27.7 Å². The third-order valence-corrected chi connectivity index (χ3v) is 1.40. The van der Waals surface area contributed by atoms with E-state index in [0.717, 1.165) is 0 Å². The molecule has 2 rings (SSSR count). The first-order valence-corrected chi connectivity index (χ1v) is 5.16. The fourth-order valence-electron chi connectivity index (χ4n) is 0.910. The summed E-state index contributed by atoms with van der Waals surface area (Å²) in [5.74, 6) is 0. The van der Waals surface area contributed by atoms with Crippen LogP contribution in [-0.2, 0) is 0 Å². The Morgan fingerprint density at radius 1 is 1.07 bits per heavy atom. The first-order chi connectivity index (χ1) is 7.38. The second kappa shape index (κ2) is 7.67. The Morgan fingerprint density at radius 3 is 2.27 bits per heavy atom. The summed E-state index contributed by atoms with van der Waals surface area (Å²) in [6.07, 6.45) is 4.61. The normalized spacial score (nSPS) is 8.27. The summed E-state index contributed by atoms with van der Waals surface area (Å²) in [5.41, 5.74) is 0.807. The number of nitrogens with one attached hydrogen (secondary N) is 1. The zero-order valence-corrected chi connectivity index (χ0v) is 9.61. The van der Waals surface area contributed by atoms with Crippen LogP contribution in [0.15, 0.2) is 29.5 Å². The van der Waals surface area contributed by atoms with E-state index in [2.05, 4.69) is 15.0 Å². The van der Waals surface area contributed by atoms with Crippen LogP contribution < -0.4 is 5.56 Å². The van der Waals surface area contributed by atoms with Crippen LogP contribution in [-0.4, -0.2) is 15.0 Å². The molecule has 1 N–H and O–H groups in total. The van der Waals surface area contributed by atoms with Gasteiger partial charge in [-0.2, -0.15) is 0 Å². The fourth-order valence-corrected chi connectivity index (χ4v) is 0.910. The Labute approximate surface area is 89.4 Å². The van der Waals surface area contributed by atoms with Crippen LogP contribution >= 0.6 is 0 Å². The molecular weight excluding hydrogens is 190 g/mol. The summed E-state index contributed by atoms with van der Waals surface area (Å²) in [5, 5.41) is 0. The molecule has 0 saturated heterocycles. The minimum atomic E-state index is -0.199. The lowest BCUT2D eigenvalue weighted by atomic mass is 10.4. The summed E-state index contributed by atoms with van der Waals surface area (Å²) in [4.78, 5) is 21.4. The quantitative estimate of drug-likeness (QED) is 0.721. The molecule has 2 heterocycles. The molecule has 0 unspecified atom stereocenters.